The molecule has 6 heteroatoms. The van der Waals surface area contributed by atoms with Gasteiger partial charge in [-0.15, -0.1) is 5.10 Å². The van der Waals surface area contributed by atoms with Gasteiger partial charge in [-0.25, -0.2) is 4.79 Å². The van der Waals surface area contributed by atoms with Crippen LogP contribution in [0.2, 0.25) is 0 Å². The van der Waals surface area contributed by atoms with E-state index in [2.05, 4.69) is 5.10 Å². The van der Waals surface area contributed by atoms with Gasteiger partial charge in [-0.3, -0.25) is 4.79 Å². The normalized spacial score (nSPS) is 10.8. The maximum absolute atomic E-state index is 12.5. The molecule has 0 spiro atoms. The first-order valence-electron chi connectivity index (χ1n) is 6.87. The van der Waals surface area contributed by atoms with Crippen molar-refractivity contribution in [1.29, 1.82) is 0 Å². The number of carbonyl (C=O) groups excluding carboxylic acids is 1. The van der Waals surface area contributed by atoms with Crippen molar-refractivity contribution >= 4 is 16.9 Å². The lowest BCUT2D eigenvalue weighted by molar-refractivity contribution is 0.0937. The number of aromatic nitrogens is 2. The van der Waals surface area contributed by atoms with Gasteiger partial charge < -0.3 is 9.15 Å². The maximum Gasteiger partial charge on any atom is 0.349 e. The molecule has 0 aliphatic heterocycles. The molecule has 2 heterocycles. The highest BCUT2D eigenvalue weighted by Crippen LogP contribution is 2.16. The molecule has 112 valence electrons. The van der Waals surface area contributed by atoms with E-state index < -0.39 is 11.5 Å². The number of ether oxygens (including phenoxy) is 1. The number of aryl methyl sites for hydroxylation is 1. The Hall–Kier alpha value is -2.89. The minimum atomic E-state index is -0.684. The van der Waals surface area contributed by atoms with Gasteiger partial charge in [-0.2, -0.15) is 4.68 Å². The Bertz CT molecular complexity index is 908. The average Bonchev–Trinajstić information content (AvgIpc) is 2.87. The highest BCUT2D eigenvalue weighted by Gasteiger charge is 2.19. The van der Waals surface area contributed by atoms with E-state index in [0.29, 0.717) is 29.2 Å². The molecule has 1 aromatic carbocycles. The zero-order chi connectivity index (χ0) is 15.7. The van der Waals surface area contributed by atoms with Gasteiger partial charge in [0.05, 0.1) is 6.61 Å². The van der Waals surface area contributed by atoms with Gasteiger partial charge in [0.2, 0.25) is 5.88 Å². The Morgan fingerprint density at radius 3 is 2.86 bits per heavy atom. The van der Waals surface area contributed by atoms with E-state index in [0.717, 1.165) is 4.68 Å². The second-order valence-electron chi connectivity index (χ2n) is 4.76. The molecule has 0 aliphatic rings. The Morgan fingerprint density at radius 1 is 1.32 bits per heavy atom. The number of para-hydroxylation sites is 1. The predicted octanol–water partition coefficient (Wildman–Crippen LogP) is 2.39. The van der Waals surface area contributed by atoms with Crippen molar-refractivity contribution in [1.82, 2.24) is 9.78 Å². The topological polar surface area (TPSA) is 74.3 Å². The van der Waals surface area contributed by atoms with Crippen molar-refractivity contribution in [2.45, 2.75) is 13.8 Å². The summed E-state index contributed by atoms with van der Waals surface area (Å²) in [7, 11) is 0. The molecule has 3 aromatic rings. The number of hydrogen-bond acceptors (Lipinski definition) is 5. The standard InChI is InChI=1S/C16H14N2O4/c1-3-21-14-8-10(2)18(17-14)15(19)12-9-11-6-4-5-7-13(11)22-16(12)20/h4-9H,3H2,1-2H3. The fraction of sp³-hybridized carbons (Fsp3) is 0.188. The van der Waals surface area contributed by atoms with E-state index in [1.54, 1.807) is 31.2 Å². The monoisotopic (exact) mass is 298 g/mol. The first-order chi connectivity index (χ1) is 10.6. The molecule has 0 bridgehead atoms. The van der Waals surface area contributed by atoms with Crippen LogP contribution in [-0.4, -0.2) is 22.3 Å². The maximum atomic E-state index is 12.5. The highest BCUT2D eigenvalue weighted by molar-refractivity contribution is 5.98. The molecule has 22 heavy (non-hydrogen) atoms. The molecule has 2 aromatic heterocycles. The van der Waals surface area contributed by atoms with Crippen LogP contribution < -0.4 is 10.4 Å². The largest absolute Gasteiger partial charge is 0.477 e. The van der Waals surface area contributed by atoms with Crippen molar-refractivity contribution < 1.29 is 13.9 Å². The van der Waals surface area contributed by atoms with Crippen LogP contribution in [-0.2, 0) is 0 Å². The summed E-state index contributed by atoms with van der Waals surface area (Å²) in [6.07, 6.45) is 0. The van der Waals surface area contributed by atoms with Gasteiger partial charge in [0.1, 0.15) is 11.1 Å². The fourth-order valence-electron chi connectivity index (χ4n) is 2.20. The molecule has 0 saturated carbocycles. The van der Waals surface area contributed by atoms with Crippen LogP contribution in [0.5, 0.6) is 5.88 Å². The summed E-state index contributed by atoms with van der Waals surface area (Å²) in [5.41, 5.74) is 0.279. The van der Waals surface area contributed by atoms with Crippen LogP contribution in [0.15, 0.2) is 45.6 Å². The second-order valence-corrected chi connectivity index (χ2v) is 4.76. The second kappa shape index (κ2) is 5.48. The number of rotatable bonds is 3. The molecule has 0 saturated heterocycles. The molecule has 0 amide bonds. The molecule has 0 fully saturated rings. The van der Waals surface area contributed by atoms with Crippen LogP contribution in [0.25, 0.3) is 11.0 Å². The lowest BCUT2D eigenvalue weighted by atomic mass is 10.2. The number of hydrogen-bond donors (Lipinski definition) is 0. The van der Waals surface area contributed by atoms with E-state index in [9.17, 15) is 9.59 Å². The predicted molar refractivity (Wildman–Crippen MR) is 80.3 cm³/mol. The zero-order valence-corrected chi connectivity index (χ0v) is 12.2. The van der Waals surface area contributed by atoms with Gasteiger partial charge in [0.15, 0.2) is 0 Å². The van der Waals surface area contributed by atoms with Crippen molar-refractivity contribution in [3.8, 4) is 5.88 Å². The SMILES string of the molecule is CCOc1cc(C)n(C(=O)c2cc3ccccc3oc2=O)n1. The number of nitrogens with zero attached hydrogens (tertiary/aromatic N) is 2. The van der Waals surface area contributed by atoms with Crippen molar-refractivity contribution in [2.24, 2.45) is 0 Å². The Kier molecular flexibility index (Phi) is 3.50. The molecule has 0 radical (unpaired) electrons. The average molecular weight is 298 g/mol. The third kappa shape index (κ3) is 2.39. The molecule has 0 aliphatic carbocycles. The summed E-state index contributed by atoms with van der Waals surface area (Å²) < 4.78 is 11.6. The minimum absolute atomic E-state index is 0.0621. The fourth-order valence-corrected chi connectivity index (χ4v) is 2.20. The third-order valence-corrected chi connectivity index (χ3v) is 3.22. The number of fused-ring (bicyclic) bond motifs is 1. The van der Waals surface area contributed by atoms with Crippen LogP contribution >= 0.6 is 0 Å². The van der Waals surface area contributed by atoms with Crippen LogP contribution in [0.4, 0.5) is 0 Å². The van der Waals surface area contributed by atoms with Gasteiger partial charge in [0.25, 0.3) is 5.91 Å². The summed E-state index contributed by atoms with van der Waals surface area (Å²) >= 11 is 0. The van der Waals surface area contributed by atoms with Crippen molar-refractivity contribution in [2.75, 3.05) is 6.61 Å². The molecule has 0 atom stereocenters. The van der Waals surface area contributed by atoms with Crippen LogP contribution in [0.3, 0.4) is 0 Å². The van der Waals surface area contributed by atoms with Gasteiger partial charge in [-0.1, -0.05) is 18.2 Å². The smallest absolute Gasteiger partial charge is 0.349 e. The van der Waals surface area contributed by atoms with Crippen LogP contribution in [0, 0.1) is 6.92 Å². The van der Waals surface area contributed by atoms with E-state index in [4.69, 9.17) is 9.15 Å². The lowest BCUT2D eigenvalue weighted by Gasteiger charge is -2.03. The molecule has 6 nitrogen and oxygen atoms in total. The number of carbonyl (C=O) groups is 1. The third-order valence-electron chi connectivity index (χ3n) is 3.22. The summed E-state index contributed by atoms with van der Waals surface area (Å²) in [4.78, 5) is 24.6. The Morgan fingerprint density at radius 2 is 2.09 bits per heavy atom. The molecule has 0 unspecified atom stereocenters. The Balaban J connectivity index is 2.09. The summed E-state index contributed by atoms with van der Waals surface area (Å²) in [5.74, 6) is -0.193. The summed E-state index contributed by atoms with van der Waals surface area (Å²) in [5, 5.41) is 4.74. The lowest BCUT2D eigenvalue weighted by Crippen LogP contribution is -2.22. The van der Waals surface area contributed by atoms with Crippen molar-refractivity contribution in [3.05, 3.63) is 58.1 Å². The van der Waals surface area contributed by atoms with Gasteiger partial charge in [0, 0.05) is 17.1 Å². The first-order valence-corrected chi connectivity index (χ1v) is 6.87. The molecular formula is C16H14N2O4. The van der Waals surface area contributed by atoms with E-state index in [-0.39, 0.29) is 5.56 Å². The first kappa shape index (κ1) is 14.1. The zero-order valence-electron chi connectivity index (χ0n) is 12.2. The molecule has 3 rings (SSSR count). The minimum Gasteiger partial charge on any atom is -0.477 e. The molecule has 0 N–H and O–H groups in total. The van der Waals surface area contributed by atoms with Gasteiger partial charge >= 0.3 is 5.63 Å². The summed E-state index contributed by atoms with van der Waals surface area (Å²) in [6, 6.07) is 10.2. The summed E-state index contributed by atoms with van der Waals surface area (Å²) in [6.45, 7) is 3.99. The van der Waals surface area contributed by atoms with Crippen molar-refractivity contribution in [3.63, 3.8) is 0 Å². The van der Waals surface area contributed by atoms with Crippen LogP contribution in [0.1, 0.15) is 23.0 Å². The molecular weight excluding hydrogens is 284 g/mol. The van der Waals surface area contributed by atoms with E-state index in [1.807, 2.05) is 13.0 Å². The van der Waals surface area contributed by atoms with E-state index in [1.165, 1.54) is 6.07 Å². The van der Waals surface area contributed by atoms with E-state index >= 15 is 0 Å². The highest BCUT2D eigenvalue weighted by atomic mass is 16.5. The number of benzene rings is 1. The quantitative estimate of drug-likeness (QED) is 0.694. The Labute approximate surface area is 125 Å². The van der Waals surface area contributed by atoms with Gasteiger partial charge in [-0.05, 0) is 26.0 Å².